The fourth-order valence-corrected chi connectivity index (χ4v) is 11.3. The number of hydrogen-bond acceptors (Lipinski definition) is 4. The molecular weight excluding hydrogens is 805 g/mol. The molecule has 66 heavy (non-hydrogen) atoms. The van der Waals surface area contributed by atoms with E-state index >= 15 is 0 Å². The van der Waals surface area contributed by atoms with Crippen LogP contribution in [0, 0.1) is 0 Å². The molecule has 4 aromatic carbocycles. The monoisotopic (exact) mass is 877 g/mol. The molecule has 0 radical (unpaired) electrons. The summed E-state index contributed by atoms with van der Waals surface area (Å²) in [6.45, 7) is 20.3. The predicted molar refractivity (Wildman–Crippen MR) is 283 cm³/mol. The van der Waals surface area contributed by atoms with Crippen LogP contribution >= 0.6 is 0 Å². The highest BCUT2D eigenvalue weighted by molar-refractivity contribution is 6.12. The SMILES string of the molecule is CCCCC(CCCC)c1c2nc(cc3[nH]c(c(C(CCCN(CC)CC)CCCN(CC)CC)c4nc(cc5[nH]c1c1ccccc51)-c1ccccc1-4)c1ccccc31)-c1ccccc1-2. The molecule has 0 spiro atoms. The Morgan fingerprint density at radius 2 is 0.773 bits per heavy atom. The van der Waals surface area contributed by atoms with Crippen molar-refractivity contribution >= 4 is 43.6 Å². The van der Waals surface area contributed by atoms with Crippen molar-refractivity contribution < 1.29 is 0 Å². The third kappa shape index (κ3) is 8.99. The van der Waals surface area contributed by atoms with Gasteiger partial charge in [0.05, 0.1) is 33.8 Å². The maximum absolute atomic E-state index is 5.86. The Morgan fingerprint density at radius 3 is 1.15 bits per heavy atom. The van der Waals surface area contributed by atoms with E-state index in [2.05, 4.69) is 171 Å². The van der Waals surface area contributed by atoms with Crippen molar-refractivity contribution in [3.05, 3.63) is 120 Å². The normalized spacial score (nSPS) is 12.4. The highest BCUT2D eigenvalue weighted by Gasteiger charge is 2.29. The molecule has 0 aliphatic carbocycles. The van der Waals surface area contributed by atoms with Gasteiger partial charge in [-0.25, -0.2) is 9.97 Å². The Balaban J connectivity index is 1.43. The van der Waals surface area contributed by atoms with Gasteiger partial charge in [0.25, 0.3) is 0 Å². The molecule has 2 aliphatic rings. The number of unbranched alkanes of at least 4 members (excludes halogenated alkanes) is 2. The molecule has 8 bridgehead atoms. The highest BCUT2D eigenvalue weighted by atomic mass is 15.1. The Bertz CT molecular complexity index is 2920. The molecular formula is C60H72N6. The lowest BCUT2D eigenvalue weighted by Crippen LogP contribution is -2.25. The van der Waals surface area contributed by atoms with Crippen LogP contribution in [0.1, 0.15) is 129 Å². The first kappa shape index (κ1) is 45.6. The van der Waals surface area contributed by atoms with E-state index in [0.717, 1.165) is 112 Å². The van der Waals surface area contributed by atoms with Gasteiger partial charge < -0.3 is 19.8 Å². The lowest BCUT2D eigenvalue weighted by atomic mass is 9.85. The molecule has 7 aromatic rings. The van der Waals surface area contributed by atoms with Gasteiger partial charge in [0, 0.05) is 66.0 Å². The summed E-state index contributed by atoms with van der Waals surface area (Å²) in [5.41, 5.74) is 16.4. The van der Waals surface area contributed by atoms with Gasteiger partial charge in [-0.3, -0.25) is 0 Å². The average molecular weight is 877 g/mol. The lowest BCUT2D eigenvalue weighted by molar-refractivity contribution is 0.281. The van der Waals surface area contributed by atoms with E-state index in [0.29, 0.717) is 11.8 Å². The molecule has 2 aliphatic heterocycles. The zero-order valence-electron chi connectivity index (χ0n) is 40.6. The van der Waals surface area contributed by atoms with Crippen LogP contribution in [0.4, 0.5) is 0 Å². The average Bonchev–Trinajstić information content (AvgIpc) is 4.11. The van der Waals surface area contributed by atoms with Crippen LogP contribution in [0.15, 0.2) is 109 Å². The molecule has 0 saturated carbocycles. The van der Waals surface area contributed by atoms with Crippen LogP contribution < -0.4 is 0 Å². The predicted octanol–water partition coefficient (Wildman–Crippen LogP) is 16.1. The second kappa shape index (κ2) is 20.9. The smallest absolute Gasteiger partial charge is 0.0772 e. The summed E-state index contributed by atoms with van der Waals surface area (Å²) in [5.74, 6) is 0.642. The van der Waals surface area contributed by atoms with Gasteiger partial charge in [0.15, 0.2) is 0 Å². The number of rotatable bonds is 20. The summed E-state index contributed by atoms with van der Waals surface area (Å²) in [6, 6.07) is 40.8. The van der Waals surface area contributed by atoms with Crippen LogP contribution in [0.2, 0.25) is 0 Å². The molecule has 5 heterocycles. The van der Waals surface area contributed by atoms with Gasteiger partial charge in [-0.15, -0.1) is 0 Å². The van der Waals surface area contributed by atoms with Gasteiger partial charge in [0.1, 0.15) is 0 Å². The number of aromatic nitrogens is 4. The van der Waals surface area contributed by atoms with Gasteiger partial charge in [-0.2, -0.15) is 0 Å². The molecule has 6 heteroatoms. The number of H-pyrrole nitrogens is 2. The van der Waals surface area contributed by atoms with Crippen molar-refractivity contribution in [2.75, 3.05) is 39.3 Å². The van der Waals surface area contributed by atoms with Gasteiger partial charge in [-0.05, 0) is 102 Å². The Hall–Kier alpha value is -5.56. The minimum absolute atomic E-state index is 0.291. The van der Waals surface area contributed by atoms with Gasteiger partial charge in [-0.1, -0.05) is 164 Å². The summed E-state index contributed by atoms with van der Waals surface area (Å²) in [4.78, 5) is 25.1. The third-order valence-corrected chi connectivity index (χ3v) is 15.0. The van der Waals surface area contributed by atoms with E-state index in [9.17, 15) is 0 Å². The second-order valence-electron chi connectivity index (χ2n) is 18.8. The minimum Gasteiger partial charge on any atom is -0.354 e. The molecule has 3 aromatic heterocycles. The van der Waals surface area contributed by atoms with E-state index in [1.165, 1.54) is 91.6 Å². The van der Waals surface area contributed by atoms with Crippen molar-refractivity contribution in [2.45, 2.75) is 118 Å². The van der Waals surface area contributed by atoms with Crippen molar-refractivity contribution in [1.29, 1.82) is 0 Å². The van der Waals surface area contributed by atoms with Gasteiger partial charge in [0.2, 0.25) is 0 Å². The number of hydrogen-bond donors (Lipinski definition) is 2. The van der Waals surface area contributed by atoms with E-state index in [-0.39, 0.29) is 0 Å². The molecule has 0 amide bonds. The van der Waals surface area contributed by atoms with Crippen LogP contribution in [0.3, 0.4) is 0 Å². The summed E-state index contributed by atoms with van der Waals surface area (Å²) < 4.78 is 0. The summed E-state index contributed by atoms with van der Waals surface area (Å²) in [5, 5.41) is 4.95. The van der Waals surface area contributed by atoms with E-state index < -0.39 is 0 Å². The number of fused-ring (bicyclic) bond motifs is 20. The second-order valence-corrected chi connectivity index (χ2v) is 18.8. The molecule has 6 nitrogen and oxygen atoms in total. The Kier molecular flexibility index (Phi) is 14.5. The zero-order chi connectivity index (χ0) is 45.6. The molecule has 9 rings (SSSR count). The fourth-order valence-electron chi connectivity index (χ4n) is 11.3. The van der Waals surface area contributed by atoms with Crippen molar-refractivity contribution in [3.8, 4) is 45.0 Å². The minimum atomic E-state index is 0.291. The van der Waals surface area contributed by atoms with E-state index in [4.69, 9.17) is 9.97 Å². The number of nitrogens with one attached hydrogen (secondary N) is 2. The topological polar surface area (TPSA) is 63.8 Å². The van der Waals surface area contributed by atoms with Crippen molar-refractivity contribution in [1.82, 2.24) is 29.7 Å². The maximum atomic E-state index is 5.86. The van der Waals surface area contributed by atoms with E-state index in [1.54, 1.807) is 0 Å². The Morgan fingerprint density at radius 1 is 0.424 bits per heavy atom. The maximum Gasteiger partial charge on any atom is 0.0772 e. The van der Waals surface area contributed by atoms with E-state index in [1.807, 2.05) is 0 Å². The van der Waals surface area contributed by atoms with Gasteiger partial charge >= 0.3 is 0 Å². The summed E-state index contributed by atoms with van der Waals surface area (Å²) in [7, 11) is 0. The molecule has 0 saturated heterocycles. The number of aromatic amines is 2. The molecule has 0 fully saturated rings. The Labute approximate surface area is 393 Å². The quantitative estimate of drug-likeness (QED) is 0.0801. The standard InChI is InChI=1S/C60H72N6/c1-7-13-25-41(26-14-8-2)55-57-47-33-19-15-29-43(47)51(61-57)39-53-45-31-17-21-35-49(45)59(63-53)56(42(27-23-37-65(9-3)10-4)28-24-38-66(11-5)12-6)60-50-36-22-18-32-46(50)54(64-60)40-52-44-30-16-20-34-48(44)58(55)62-52/h15-22,29-36,39-42,61,64H,7-14,23-28,37-38H2,1-6H3. The van der Waals surface area contributed by atoms with Crippen molar-refractivity contribution in [3.63, 3.8) is 0 Å². The first-order valence-electron chi connectivity index (χ1n) is 25.7. The van der Waals surface area contributed by atoms with Crippen LogP contribution in [-0.2, 0) is 0 Å². The van der Waals surface area contributed by atoms with Crippen molar-refractivity contribution in [2.24, 2.45) is 0 Å². The number of benzene rings is 4. The third-order valence-electron chi connectivity index (χ3n) is 15.0. The summed E-state index contributed by atoms with van der Waals surface area (Å²) >= 11 is 0. The highest BCUT2D eigenvalue weighted by Crippen LogP contribution is 2.48. The lowest BCUT2D eigenvalue weighted by Gasteiger charge is -2.24. The molecule has 2 N–H and O–H groups in total. The zero-order valence-corrected chi connectivity index (χ0v) is 40.6. The first-order chi connectivity index (χ1) is 32.5. The molecule has 0 atom stereocenters. The fraction of sp³-hybridized carbons (Fsp3) is 0.400. The molecule has 0 unspecified atom stereocenters. The van der Waals surface area contributed by atoms with Crippen LogP contribution in [0.25, 0.3) is 88.6 Å². The summed E-state index contributed by atoms with van der Waals surface area (Å²) in [6.07, 6.45) is 11.4. The first-order valence-corrected chi connectivity index (χ1v) is 25.7. The van der Waals surface area contributed by atoms with Crippen LogP contribution in [0.5, 0.6) is 0 Å². The number of nitrogens with zero attached hydrogens (tertiary/aromatic N) is 4. The largest absolute Gasteiger partial charge is 0.354 e. The van der Waals surface area contributed by atoms with Crippen LogP contribution in [-0.4, -0.2) is 69.0 Å². The molecule has 342 valence electrons.